The van der Waals surface area contributed by atoms with E-state index in [1.807, 2.05) is 13.8 Å². The van der Waals surface area contributed by atoms with Crippen molar-refractivity contribution in [2.75, 3.05) is 0 Å². The van der Waals surface area contributed by atoms with Gasteiger partial charge in [0.1, 0.15) is 5.82 Å². The summed E-state index contributed by atoms with van der Waals surface area (Å²) in [4.78, 5) is 11.3. The topological polar surface area (TPSA) is 60.4 Å². The second kappa shape index (κ2) is 3.59. The fraction of sp³-hybridized carbons (Fsp3) is 0.273. The molecule has 0 radical (unpaired) electrons. The number of amides is 1. The molecule has 2 heterocycles. The molecule has 0 aromatic carbocycles. The van der Waals surface area contributed by atoms with Crippen LogP contribution in [0.3, 0.4) is 0 Å². The molecule has 2 rings (SSSR count). The summed E-state index contributed by atoms with van der Waals surface area (Å²) >= 11 is 0. The molecule has 0 aliphatic heterocycles. The van der Waals surface area contributed by atoms with Gasteiger partial charge in [0.2, 0.25) is 0 Å². The molecule has 0 spiro atoms. The fourth-order valence-corrected chi connectivity index (χ4v) is 1.85. The molecule has 0 aliphatic carbocycles. The monoisotopic (exact) mass is 221 g/mol. The first-order chi connectivity index (χ1) is 7.50. The largest absolute Gasteiger partial charge is 0.366 e. The van der Waals surface area contributed by atoms with Crippen LogP contribution in [0.1, 0.15) is 35.7 Å². The molecule has 5 heteroatoms. The minimum atomic E-state index is -0.541. The van der Waals surface area contributed by atoms with E-state index < -0.39 is 5.91 Å². The molecule has 1 amide bonds. The zero-order valence-corrected chi connectivity index (χ0v) is 9.07. The number of halogens is 1. The van der Waals surface area contributed by atoms with Crippen molar-refractivity contribution in [1.82, 2.24) is 9.61 Å². The summed E-state index contributed by atoms with van der Waals surface area (Å²) in [5.41, 5.74) is 6.93. The molecule has 0 unspecified atom stereocenters. The van der Waals surface area contributed by atoms with E-state index in [0.717, 1.165) is 5.56 Å². The standard InChI is InChI=1S/C11H12FN3O/c1-6(2)10-8(11(13)16)4-14-15-5-7(12)3-9(10)15/h3-6H,1-2H3,(H2,13,16). The Morgan fingerprint density at radius 3 is 2.81 bits per heavy atom. The van der Waals surface area contributed by atoms with E-state index in [9.17, 15) is 9.18 Å². The van der Waals surface area contributed by atoms with Crippen LogP contribution in [0.15, 0.2) is 18.5 Å². The van der Waals surface area contributed by atoms with Gasteiger partial charge in [-0.1, -0.05) is 13.8 Å². The first-order valence-corrected chi connectivity index (χ1v) is 4.97. The maximum Gasteiger partial charge on any atom is 0.250 e. The van der Waals surface area contributed by atoms with Crippen molar-refractivity contribution < 1.29 is 9.18 Å². The molecule has 0 atom stereocenters. The van der Waals surface area contributed by atoms with E-state index in [0.29, 0.717) is 11.1 Å². The Bertz CT molecular complexity index is 560. The highest BCUT2D eigenvalue weighted by atomic mass is 19.1. The third kappa shape index (κ3) is 1.54. The Labute approximate surface area is 91.9 Å². The molecule has 2 aromatic rings. The van der Waals surface area contributed by atoms with E-state index in [1.54, 1.807) is 0 Å². The van der Waals surface area contributed by atoms with Gasteiger partial charge < -0.3 is 5.73 Å². The second-order valence-electron chi connectivity index (χ2n) is 3.98. The number of carbonyl (C=O) groups excluding carboxylic acids is 1. The molecule has 0 saturated heterocycles. The fourth-order valence-electron chi connectivity index (χ4n) is 1.85. The summed E-state index contributed by atoms with van der Waals surface area (Å²) in [6, 6.07) is 1.36. The zero-order valence-electron chi connectivity index (χ0n) is 9.07. The molecule has 0 saturated carbocycles. The van der Waals surface area contributed by atoms with Crippen LogP contribution < -0.4 is 5.73 Å². The number of carbonyl (C=O) groups is 1. The average Bonchev–Trinajstić information content (AvgIpc) is 2.55. The second-order valence-corrected chi connectivity index (χ2v) is 3.98. The van der Waals surface area contributed by atoms with Crippen LogP contribution >= 0.6 is 0 Å². The van der Waals surface area contributed by atoms with Crippen LogP contribution in [0, 0.1) is 5.82 Å². The lowest BCUT2D eigenvalue weighted by Gasteiger charge is -2.11. The molecule has 16 heavy (non-hydrogen) atoms. The zero-order chi connectivity index (χ0) is 11.9. The first-order valence-electron chi connectivity index (χ1n) is 4.97. The smallest absolute Gasteiger partial charge is 0.250 e. The van der Waals surface area contributed by atoms with Gasteiger partial charge in [0.25, 0.3) is 5.91 Å². The number of rotatable bonds is 2. The molecule has 0 fully saturated rings. The maximum absolute atomic E-state index is 13.1. The summed E-state index contributed by atoms with van der Waals surface area (Å²) in [6.07, 6.45) is 2.65. The van der Waals surface area contributed by atoms with E-state index in [2.05, 4.69) is 5.10 Å². The van der Waals surface area contributed by atoms with Crippen LogP contribution in [-0.4, -0.2) is 15.5 Å². The summed E-state index contributed by atoms with van der Waals surface area (Å²) in [7, 11) is 0. The summed E-state index contributed by atoms with van der Waals surface area (Å²) in [5, 5.41) is 3.94. The molecular weight excluding hydrogens is 209 g/mol. The third-order valence-corrected chi connectivity index (χ3v) is 2.49. The average molecular weight is 221 g/mol. The van der Waals surface area contributed by atoms with Crippen LogP contribution in [-0.2, 0) is 0 Å². The molecule has 0 aliphatic rings. The number of hydrogen-bond donors (Lipinski definition) is 1. The maximum atomic E-state index is 13.1. The van der Waals surface area contributed by atoms with E-state index in [4.69, 9.17) is 5.73 Å². The van der Waals surface area contributed by atoms with Crippen molar-refractivity contribution in [1.29, 1.82) is 0 Å². The highest BCUT2D eigenvalue weighted by Crippen LogP contribution is 2.24. The van der Waals surface area contributed by atoms with Crippen molar-refractivity contribution in [3.8, 4) is 0 Å². The number of hydrogen-bond acceptors (Lipinski definition) is 2. The highest BCUT2D eigenvalue weighted by Gasteiger charge is 2.17. The predicted molar refractivity (Wildman–Crippen MR) is 57.8 cm³/mol. The number of aromatic nitrogens is 2. The van der Waals surface area contributed by atoms with Crippen molar-refractivity contribution >= 4 is 11.4 Å². The molecule has 0 bridgehead atoms. The van der Waals surface area contributed by atoms with E-state index in [1.165, 1.54) is 23.0 Å². The Morgan fingerprint density at radius 1 is 1.56 bits per heavy atom. The first kappa shape index (κ1) is 10.6. The molecular formula is C11H12FN3O. The van der Waals surface area contributed by atoms with Crippen LogP contribution in [0.25, 0.3) is 5.52 Å². The molecule has 2 aromatic heterocycles. The van der Waals surface area contributed by atoms with E-state index in [-0.39, 0.29) is 11.7 Å². The summed E-state index contributed by atoms with van der Waals surface area (Å²) in [6.45, 7) is 3.85. The lowest BCUT2D eigenvalue weighted by molar-refractivity contribution is 0.0998. The SMILES string of the molecule is CC(C)c1c(C(N)=O)cnn2cc(F)cc12. The van der Waals surface area contributed by atoms with Crippen molar-refractivity contribution in [2.45, 2.75) is 19.8 Å². The Morgan fingerprint density at radius 2 is 2.25 bits per heavy atom. The lowest BCUT2D eigenvalue weighted by atomic mass is 9.98. The molecule has 84 valence electrons. The quantitative estimate of drug-likeness (QED) is 0.838. The van der Waals surface area contributed by atoms with Gasteiger partial charge in [0.05, 0.1) is 23.5 Å². The number of primary amides is 1. The van der Waals surface area contributed by atoms with Gasteiger partial charge in [-0.3, -0.25) is 4.79 Å². The van der Waals surface area contributed by atoms with Crippen molar-refractivity contribution in [3.05, 3.63) is 35.4 Å². The summed E-state index contributed by atoms with van der Waals surface area (Å²) < 4.78 is 14.5. The third-order valence-electron chi connectivity index (χ3n) is 2.49. The van der Waals surface area contributed by atoms with Crippen LogP contribution in [0.5, 0.6) is 0 Å². The number of fused-ring (bicyclic) bond motifs is 1. The van der Waals surface area contributed by atoms with Crippen molar-refractivity contribution in [2.24, 2.45) is 5.73 Å². The van der Waals surface area contributed by atoms with Crippen LogP contribution in [0.4, 0.5) is 4.39 Å². The van der Waals surface area contributed by atoms with E-state index >= 15 is 0 Å². The number of nitrogens with zero attached hydrogens (tertiary/aromatic N) is 2. The number of nitrogens with two attached hydrogens (primary N) is 1. The Hall–Kier alpha value is -1.91. The normalized spacial score (nSPS) is 11.2. The Balaban J connectivity index is 2.83. The van der Waals surface area contributed by atoms with Gasteiger partial charge in [0.15, 0.2) is 0 Å². The minimum absolute atomic E-state index is 0.0716. The van der Waals surface area contributed by atoms with Gasteiger partial charge in [-0.25, -0.2) is 8.91 Å². The predicted octanol–water partition coefficient (Wildman–Crippen LogP) is 1.70. The molecule has 4 nitrogen and oxygen atoms in total. The lowest BCUT2D eigenvalue weighted by Crippen LogP contribution is -2.16. The molecule has 2 N–H and O–H groups in total. The van der Waals surface area contributed by atoms with Gasteiger partial charge in [-0.2, -0.15) is 5.10 Å². The van der Waals surface area contributed by atoms with Gasteiger partial charge in [-0.15, -0.1) is 0 Å². The Kier molecular flexibility index (Phi) is 2.38. The van der Waals surface area contributed by atoms with Gasteiger partial charge in [-0.05, 0) is 11.5 Å². The highest BCUT2D eigenvalue weighted by molar-refractivity contribution is 5.96. The van der Waals surface area contributed by atoms with Gasteiger partial charge >= 0.3 is 0 Å². The summed E-state index contributed by atoms with van der Waals surface area (Å²) in [5.74, 6) is -0.848. The minimum Gasteiger partial charge on any atom is -0.366 e. The van der Waals surface area contributed by atoms with Crippen LogP contribution in [0.2, 0.25) is 0 Å². The van der Waals surface area contributed by atoms with Crippen molar-refractivity contribution in [3.63, 3.8) is 0 Å². The van der Waals surface area contributed by atoms with Gasteiger partial charge in [0, 0.05) is 6.07 Å².